The van der Waals surface area contributed by atoms with Gasteiger partial charge in [0.05, 0.1) is 0 Å². The van der Waals surface area contributed by atoms with Crippen molar-refractivity contribution in [3.8, 4) is 0 Å². The van der Waals surface area contributed by atoms with Crippen molar-refractivity contribution >= 4 is 8.80 Å². The fraction of sp³-hybridized carbons (Fsp3) is 1.00. The van der Waals surface area contributed by atoms with Gasteiger partial charge < -0.3 is 13.6 Å². The summed E-state index contributed by atoms with van der Waals surface area (Å²) in [6.07, 6.45) is 21.8. The molecular formula is C20H44O3Si. The molecule has 3 nitrogen and oxygen atoms in total. The van der Waals surface area contributed by atoms with Gasteiger partial charge >= 0.3 is 8.80 Å². The molecule has 0 aromatic heterocycles. The Hall–Kier alpha value is 0.0969. The maximum absolute atomic E-state index is 9.94. The summed E-state index contributed by atoms with van der Waals surface area (Å²) in [6, 6.07) is 0.693. The largest absolute Gasteiger partial charge is 0.497 e. The predicted molar refractivity (Wildman–Crippen MR) is 106 cm³/mol. The van der Waals surface area contributed by atoms with E-state index in [0.29, 0.717) is 6.04 Å². The summed E-state index contributed by atoms with van der Waals surface area (Å²) in [4.78, 5) is 9.94. The van der Waals surface area contributed by atoms with Gasteiger partial charge in [-0.25, -0.2) is 0 Å². The lowest BCUT2D eigenvalue weighted by Gasteiger charge is -2.19. The number of unbranched alkanes of at least 4 members (excludes halogenated alkanes) is 15. The summed E-state index contributed by atoms with van der Waals surface area (Å²) in [5.74, 6) is 0. The lowest BCUT2D eigenvalue weighted by atomic mass is 10.0. The Bertz CT molecular complexity index is 245. The van der Waals surface area contributed by atoms with Crippen LogP contribution in [0.25, 0.3) is 0 Å². The first kappa shape index (κ1) is 24.1. The molecule has 146 valence electrons. The van der Waals surface area contributed by atoms with E-state index in [4.69, 9.17) is 8.85 Å². The average Bonchev–Trinajstić information content (AvgIpc) is 2.61. The molecule has 0 fully saturated rings. The molecule has 0 aromatic carbocycles. The first-order valence-corrected chi connectivity index (χ1v) is 12.5. The summed E-state index contributed by atoms with van der Waals surface area (Å²) >= 11 is 0. The predicted octanol–water partition coefficient (Wildman–Crippen LogP) is 6.47. The third-order valence-corrected chi connectivity index (χ3v) is 7.25. The summed E-state index contributed by atoms with van der Waals surface area (Å²) in [5.41, 5.74) is 0. The van der Waals surface area contributed by atoms with Crippen LogP contribution in [0.5, 0.6) is 0 Å². The van der Waals surface area contributed by atoms with Gasteiger partial charge in [-0.1, -0.05) is 103 Å². The van der Waals surface area contributed by atoms with Crippen molar-refractivity contribution in [2.75, 3.05) is 14.2 Å². The Morgan fingerprint density at radius 1 is 0.542 bits per heavy atom. The molecule has 4 heteroatoms. The van der Waals surface area contributed by atoms with Gasteiger partial charge in [-0.05, 0) is 6.42 Å². The van der Waals surface area contributed by atoms with Crippen molar-refractivity contribution < 1.29 is 13.6 Å². The van der Waals surface area contributed by atoms with E-state index >= 15 is 0 Å². The van der Waals surface area contributed by atoms with Crippen LogP contribution >= 0.6 is 0 Å². The highest BCUT2D eigenvalue weighted by Crippen LogP contribution is 2.16. The van der Waals surface area contributed by atoms with Crippen LogP contribution in [0.1, 0.15) is 110 Å². The minimum atomic E-state index is -2.80. The molecule has 0 aliphatic heterocycles. The van der Waals surface area contributed by atoms with Crippen LogP contribution in [0.4, 0.5) is 0 Å². The molecule has 0 aliphatic carbocycles. The summed E-state index contributed by atoms with van der Waals surface area (Å²) in [6.45, 7) is 2.28. The van der Waals surface area contributed by atoms with E-state index < -0.39 is 8.80 Å². The van der Waals surface area contributed by atoms with Crippen LogP contribution in [-0.4, -0.2) is 27.8 Å². The second-order valence-corrected chi connectivity index (χ2v) is 9.92. The minimum absolute atomic E-state index is 0.693. The highest BCUT2D eigenvalue weighted by atomic mass is 28.4. The number of hydrogen-bond donors (Lipinski definition) is 1. The Balaban J connectivity index is 3.13. The van der Waals surface area contributed by atoms with Crippen molar-refractivity contribution in [2.45, 2.75) is 116 Å². The van der Waals surface area contributed by atoms with Gasteiger partial charge in [-0.2, -0.15) is 0 Å². The lowest BCUT2D eigenvalue weighted by molar-refractivity contribution is 0.150. The Morgan fingerprint density at radius 2 is 0.833 bits per heavy atom. The normalized spacial score (nSPS) is 12.0. The van der Waals surface area contributed by atoms with Crippen LogP contribution in [0.3, 0.4) is 0 Å². The molecule has 0 aromatic rings. The molecule has 0 spiro atoms. The summed E-state index contributed by atoms with van der Waals surface area (Å²) < 4.78 is 10.2. The quantitative estimate of drug-likeness (QED) is 0.212. The van der Waals surface area contributed by atoms with Gasteiger partial charge in [-0.15, -0.1) is 0 Å². The van der Waals surface area contributed by atoms with Gasteiger partial charge in [0.1, 0.15) is 0 Å². The van der Waals surface area contributed by atoms with Crippen molar-refractivity contribution in [1.82, 2.24) is 0 Å². The Kier molecular flexibility index (Phi) is 18.0. The molecule has 0 amide bonds. The molecule has 0 heterocycles. The summed E-state index contributed by atoms with van der Waals surface area (Å²) in [7, 11) is 0.283. The van der Waals surface area contributed by atoms with Crippen LogP contribution in [-0.2, 0) is 8.85 Å². The van der Waals surface area contributed by atoms with Crippen molar-refractivity contribution in [2.24, 2.45) is 0 Å². The minimum Gasteiger partial charge on any atom is -0.390 e. The third-order valence-electron chi connectivity index (χ3n) is 4.98. The Labute approximate surface area is 152 Å². The molecule has 0 rings (SSSR count). The molecule has 0 bridgehead atoms. The highest BCUT2D eigenvalue weighted by molar-refractivity contribution is 6.59. The average molecular weight is 361 g/mol. The monoisotopic (exact) mass is 360 g/mol. The third kappa shape index (κ3) is 15.6. The second-order valence-electron chi connectivity index (χ2n) is 7.17. The first-order valence-electron chi connectivity index (χ1n) is 10.5. The number of hydrogen-bond acceptors (Lipinski definition) is 3. The zero-order valence-corrected chi connectivity index (χ0v) is 17.8. The van der Waals surface area contributed by atoms with E-state index in [1.807, 2.05) is 0 Å². The maximum Gasteiger partial charge on any atom is 0.497 e. The van der Waals surface area contributed by atoms with Crippen LogP contribution < -0.4 is 0 Å². The van der Waals surface area contributed by atoms with Crippen molar-refractivity contribution in [3.05, 3.63) is 0 Å². The topological polar surface area (TPSA) is 38.7 Å². The SMILES string of the molecule is CCCCCCCCCCCCCCCCCC[Si](O)(OC)OC. The van der Waals surface area contributed by atoms with E-state index in [-0.39, 0.29) is 0 Å². The second kappa shape index (κ2) is 17.9. The fourth-order valence-corrected chi connectivity index (χ4v) is 4.46. The van der Waals surface area contributed by atoms with E-state index in [1.54, 1.807) is 14.2 Å². The van der Waals surface area contributed by atoms with E-state index in [1.165, 1.54) is 96.3 Å². The fourth-order valence-electron chi connectivity index (χ4n) is 3.18. The van der Waals surface area contributed by atoms with Gasteiger partial charge in [0.15, 0.2) is 0 Å². The Morgan fingerprint density at radius 3 is 1.12 bits per heavy atom. The zero-order valence-electron chi connectivity index (χ0n) is 16.8. The number of rotatable bonds is 19. The van der Waals surface area contributed by atoms with E-state index in [0.717, 1.165) is 6.42 Å². The van der Waals surface area contributed by atoms with Crippen molar-refractivity contribution in [3.63, 3.8) is 0 Å². The maximum atomic E-state index is 9.94. The zero-order chi connectivity index (χ0) is 17.9. The van der Waals surface area contributed by atoms with Crippen LogP contribution in [0, 0.1) is 0 Å². The lowest BCUT2D eigenvalue weighted by Crippen LogP contribution is -2.39. The molecule has 0 unspecified atom stereocenters. The van der Waals surface area contributed by atoms with Gasteiger partial charge in [0, 0.05) is 20.3 Å². The van der Waals surface area contributed by atoms with Crippen LogP contribution in [0.2, 0.25) is 6.04 Å². The van der Waals surface area contributed by atoms with Crippen LogP contribution in [0.15, 0.2) is 0 Å². The molecule has 0 radical (unpaired) electrons. The first-order chi connectivity index (χ1) is 11.7. The van der Waals surface area contributed by atoms with Crippen molar-refractivity contribution in [1.29, 1.82) is 0 Å². The van der Waals surface area contributed by atoms with Gasteiger partial charge in [0.25, 0.3) is 0 Å². The van der Waals surface area contributed by atoms with E-state index in [2.05, 4.69) is 6.92 Å². The standard InChI is InChI=1S/C20H44O3Si/c1-4-5-6-7-8-9-10-11-12-13-14-15-16-17-18-19-20-24(21,22-2)23-3/h21H,4-20H2,1-3H3. The molecule has 0 saturated heterocycles. The van der Waals surface area contributed by atoms with Gasteiger partial charge in [-0.3, -0.25) is 0 Å². The molecule has 1 N–H and O–H groups in total. The molecule has 0 aliphatic rings. The van der Waals surface area contributed by atoms with Gasteiger partial charge in [0.2, 0.25) is 0 Å². The van der Waals surface area contributed by atoms with E-state index in [9.17, 15) is 4.80 Å². The smallest absolute Gasteiger partial charge is 0.390 e. The molecular weight excluding hydrogens is 316 g/mol. The highest BCUT2D eigenvalue weighted by Gasteiger charge is 2.33. The molecule has 0 atom stereocenters. The molecule has 24 heavy (non-hydrogen) atoms. The summed E-state index contributed by atoms with van der Waals surface area (Å²) in [5, 5.41) is 0. The molecule has 0 saturated carbocycles.